The molecule has 0 radical (unpaired) electrons. The van der Waals surface area contributed by atoms with Crippen LogP contribution in [-0.4, -0.2) is 64.1 Å². The van der Waals surface area contributed by atoms with Crippen LogP contribution in [-0.2, 0) is 11.3 Å². The topological polar surface area (TPSA) is 84.6 Å². The Hall–Kier alpha value is -3.85. The number of imidazole rings is 1. The minimum Gasteiger partial charge on any atom is -0.378 e. The van der Waals surface area contributed by atoms with Gasteiger partial charge in [-0.2, -0.15) is 5.10 Å². The minimum atomic E-state index is 0.546. The molecule has 1 aliphatic rings. The fourth-order valence-electron chi connectivity index (χ4n) is 4.11. The minimum absolute atomic E-state index is 0.546. The number of anilines is 2. The van der Waals surface area contributed by atoms with Gasteiger partial charge in [-0.1, -0.05) is 12.1 Å². The van der Waals surface area contributed by atoms with E-state index < -0.39 is 0 Å². The van der Waals surface area contributed by atoms with Crippen molar-refractivity contribution in [3.63, 3.8) is 0 Å². The van der Waals surface area contributed by atoms with E-state index in [4.69, 9.17) is 19.7 Å². The summed E-state index contributed by atoms with van der Waals surface area (Å²) >= 11 is 0. The first-order valence-electron chi connectivity index (χ1n) is 11.5. The highest BCUT2D eigenvalue weighted by Gasteiger charge is 2.23. The molecule has 0 bridgehead atoms. The third-order valence-corrected chi connectivity index (χ3v) is 5.88. The molecule has 0 unspecified atom stereocenters. The number of morpholine rings is 1. The number of hydrogen-bond donors (Lipinski definition) is 0. The van der Waals surface area contributed by atoms with Gasteiger partial charge < -0.3 is 14.2 Å². The van der Waals surface area contributed by atoms with Crippen LogP contribution in [0.15, 0.2) is 53.9 Å². The molecule has 174 valence electrons. The number of aryl methyl sites for hydroxylation is 2. The zero-order chi connectivity index (χ0) is 23.5. The van der Waals surface area contributed by atoms with Gasteiger partial charge in [0.1, 0.15) is 5.82 Å². The summed E-state index contributed by atoms with van der Waals surface area (Å²) in [6.07, 6.45) is 5.27. The molecule has 9 nitrogen and oxygen atoms in total. The summed E-state index contributed by atoms with van der Waals surface area (Å²) in [5.74, 6) is 2.22. The maximum atomic E-state index is 5.57. The molecule has 1 aliphatic heterocycles. The Bertz CT molecular complexity index is 1310. The van der Waals surface area contributed by atoms with Crippen LogP contribution in [0.4, 0.5) is 11.5 Å². The quantitative estimate of drug-likeness (QED) is 0.324. The number of ether oxygens (including phenoxy) is 1. The molecule has 9 heteroatoms. The Morgan fingerprint density at radius 1 is 1.09 bits per heavy atom. The summed E-state index contributed by atoms with van der Waals surface area (Å²) in [6.45, 7) is 7.74. The zero-order valence-corrected chi connectivity index (χ0v) is 19.7. The van der Waals surface area contributed by atoms with E-state index >= 15 is 0 Å². The standard InChI is InChI=1S/C25H28N8O/c1-4-33-23(19-8-10-26-11-9-19)30-22-24(32-12-14-34-15-13-32)28-21(29-25(22)33)17-27-31(3)20-7-5-6-18(2)16-20/h5-11,16-17H,4,12-15H2,1-3H3. The van der Waals surface area contributed by atoms with E-state index in [1.807, 2.05) is 36.3 Å². The average molecular weight is 457 g/mol. The first-order valence-corrected chi connectivity index (χ1v) is 11.5. The Kier molecular flexibility index (Phi) is 6.18. The van der Waals surface area contributed by atoms with Gasteiger partial charge in [0.05, 0.1) is 25.1 Å². The third-order valence-electron chi connectivity index (χ3n) is 5.88. The Morgan fingerprint density at radius 2 is 1.88 bits per heavy atom. The van der Waals surface area contributed by atoms with E-state index in [2.05, 4.69) is 45.5 Å². The normalized spacial score (nSPS) is 14.3. The highest BCUT2D eigenvalue weighted by atomic mass is 16.5. The molecule has 5 rings (SSSR count). The zero-order valence-electron chi connectivity index (χ0n) is 19.7. The molecule has 34 heavy (non-hydrogen) atoms. The third kappa shape index (κ3) is 4.34. The SMILES string of the molecule is CCn1c(-c2ccncc2)nc2c(N3CCOCC3)nc(C=NN(C)c3cccc(C)c3)nc21. The number of rotatable bonds is 6. The molecule has 0 spiro atoms. The van der Waals surface area contributed by atoms with Gasteiger partial charge in [-0.05, 0) is 43.7 Å². The van der Waals surface area contributed by atoms with Gasteiger partial charge in [-0.25, -0.2) is 15.0 Å². The first-order chi connectivity index (χ1) is 16.6. The molecule has 0 aliphatic carbocycles. The van der Waals surface area contributed by atoms with Crippen LogP contribution in [0.25, 0.3) is 22.6 Å². The number of nitrogens with zero attached hydrogens (tertiary/aromatic N) is 8. The molecular formula is C25H28N8O. The second kappa shape index (κ2) is 9.56. The summed E-state index contributed by atoms with van der Waals surface area (Å²) in [4.78, 5) is 21.1. The van der Waals surface area contributed by atoms with Crippen LogP contribution in [0.2, 0.25) is 0 Å². The maximum Gasteiger partial charge on any atom is 0.176 e. The monoisotopic (exact) mass is 456 g/mol. The van der Waals surface area contributed by atoms with Crippen LogP contribution in [0.5, 0.6) is 0 Å². The van der Waals surface area contributed by atoms with Crippen molar-refractivity contribution in [2.45, 2.75) is 20.4 Å². The Balaban J connectivity index is 1.61. The van der Waals surface area contributed by atoms with E-state index in [1.165, 1.54) is 5.56 Å². The Morgan fingerprint density at radius 3 is 2.62 bits per heavy atom. The van der Waals surface area contributed by atoms with Crippen LogP contribution >= 0.6 is 0 Å². The van der Waals surface area contributed by atoms with E-state index in [9.17, 15) is 0 Å². The molecule has 0 N–H and O–H groups in total. The molecule has 1 aromatic carbocycles. The molecule has 0 saturated carbocycles. The molecule has 1 fully saturated rings. The van der Waals surface area contributed by atoms with Crippen molar-refractivity contribution in [2.24, 2.45) is 5.10 Å². The lowest BCUT2D eigenvalue weighted by molar-refractivity contribution is 0.122. The molecular weight excluding hydrogens is 428 g/mol. The van der Waals surface area contributed by atoms with Gasteiger partial charge >= 0.3 is 0 Å². The lowest BCUT2D eigenvalue weighted by Gasteiger charge is -2.27. The van der Waals surface area contributed by atoms with Crippen molar-refractivity contribution >= 4 is 28.9 Å². The summed E-state index contributed by atoms with van der Waals surface area (Å²) < 4.78 is 7.69. The van der Waals surface area contributed by atoms with Crippen molar-refractivity contribution in [1.29, 1.82) is 0 Å². The van der Waals surface area contributed by atoms with Crippen LogP contribution in [0.3, 0.4) is 0 Å². The van der Waals surface area contributed by atoms with E-state index in [0.717, 1.165) is 53.7 Å². The number of benzene rings is 1. The Labute approximate surface area is 198 Å². The van der Waals surface area contributed by atoms with Crippen LogP contribution in [0, 0.1) is 6.92 Å². The van der Waals surface area contributed by atoms with Crippen molar-refractivity contribution in [3.05, 3.63) is 60.2 Å². The first kappa shape index (κ1) is 22.0. The van der Waals surface area contributed by atoms with E-state index in [1.54, 1.807) is 18.6 Å². The van der Waals surface area contributed by atoms with Crippen molar-refractivity contribution in [2.75, 3.05) is 43.3 Å². The van der Waals surface area contributed by atoms with Gasteiger partial charge in [0.15, 0.2) is 22.8 Å². The predicted octanol–water partition coefficient (Wildman–Crippen LogP) is 3.52. The van der Waals surface area contributed by atoms with Crippen LogP contribution < -0.4 is 9.91 Å². The maximum absolute atomic E-state index is 5.57. The number of aromatic nitrogens is 5. The fourth-order valence-corrected chi connectivity index (χ4v) is 4.11. The van der Waals surface area contributed by atoms with Crippen molar-refractivity contribution in [3.8, 4) is 11.4 Å². The van der Waals surface area contributed by atoms with Gasteiger partial charge in [0, 0.05) is 44.6 Å². The molecule has 3 aromatic heterocycles. The van der Waals surface area contributed by atoms with Crippen LogP contribution in [0.1, 0.15) is 18.3 Å². The second-order valence-electron chi connectivity index (χ2n) is 8.20. The summed E-state index contributed by atoms with van der Waals surface area (Å²) in [5, 5.41) is 6.45. The number of fused-ring (bicyclic) bond motifs is 1. The van der Waals surface area contributed by atoms with Gasteiger partial charge in [0.2, 0.25) is 0 Å². The highest BCUT2D eigenvalue weighted by molar-refractivity contribution is 5.90. The lowest BCUT2D eigenvalue weighted by Crippen LogP contribution is -2.37. The van der Waals surface area contributed by atoms with Gasteiger partial charge in [-0.3, -0.25) is 9.99 Å². The second-order valence-corrected chi connectivity index (χ2v) is 8.20. The van der Waals surface area contributed by atoms with Gasteiger partial charge in [-0.15, -0.1) is 0 Å². The van der Waals surface area contributed by atoms with Gasteiger partial charge in [0.25, 0.3) is 0 Å². The largest absolute Gasteiger partial charge is 0.378 e. The molecule has 0 amide bonds. The van der Waals surface area contributed by atoms with E-state index in [0.29, 0.717) is 19.0 Å². The molecule has 1 saturated heterocycles. The number of hydrogen-bond acceptors (Lipinski definition) is 8. The molecule has 0 atom stereocenters. The summed E-state index contributed by atoms with van der Waals surface area (Å²) in [5.41, 5.74) is 4.77. The van der Waals surface area contributed by atoms with E-state index in [-0.39, 0.29) is 0 Å². The average Bonchev–Trinajstić information content (AvgIpc) is 3.26. The van der Waals surface area contributed by atoms with Crippen molar-refractivity contribution in [1.82, 2.24) is 24.5 Å². The summed E-state index contributed by atoms with van der Waals surface area (Å²) in [6, 6.07) is 12.1. The number of hydrazone groups is 1. The predicted molar refractivity (Wildman–Crippen MR) is 134 cm³/mol. The fraction of sp³-hybridized carbons (Fsp3) is 0.320. The molecule has 4 aromatic rings. The smallest absolute Gasteiger partial charge is 0.176 e. The highest BCUT2D eigenvalue weighted by Crippen LogP contribution is 2.29. The summed E-state index contributed by atoms with van der Waals surface area (Å²) in [7, 11) is 1.92. The molecule has 4 heterocycles. The number of pyridine rings is 1. The van der Waals surface area contributed by atoms with Crippen molar-refractivity contribution < 1.29 is 4.74 Å². The lowest BCUT2D eigenvalue weighted by atomic mass is 10.2.